The molecular weight excluding hydrogens is 331 g/mol. The number of hydrogen-bond donors (Lipinski definition) is 0. The number of rotatable bonds is 3. The molecular formula is C12H13Cl3O3S. The SMILES string of the molecule is O=S(=O)(Cl)[C@@H]1CCOC[C@@H]1Cc1ccc(Cl)c(Cl)c1. The number of ether oxygens (including phenoxy) is 1. The maximum atomic E-state index is 11.6. The molecule has 1 aliphatic heterocycles. The second-order valence-corrected chi connectivity index (χ2v) is 8.25. The van der Waals surface area contributed by atoms with Gasteiger partial charge in [0.25, 0.3) is 0 Å². The molecule has 1 fully saturated rings. The van der Waals surface area contributed by atoms with Crippen molar-refractivity contribution in [2.45, 2.75) is 18.1 Å². The lowest BCUT2D eigenvalue weighted by molar-refractivity contribution is 0.0577. The molecule has 7 heteroatoms. The standard InChI is InChI=1S/C12H13Cl3O3S/c13-10-2-1-8(6-11(10)14)5-9-7-18-4-3-12(9)19(15,16)17/h1-2,6,9,12H,3-5,7H2/t9-,12+/m0/s1. The molecule has 0 radical (unpaired) electrons. The van der Waals surface area contributed by atoms with Crippen molar-refractivity contribution >= 4 is 42.9 Å². The quantitative estimate of drug-likeness (QED) is 0.789. The second kappa shape index (κ2) is 6.19. The highest BCUT2D eigenvalue weighted by Gasteiger charge is 2.35. The summed E-state index contributed by atoms with van der Waals surface area (Å²) in [5.41, 5.74) is 0.926. The van der Waals surface area contributed by atoms with Crippen LogP contribution >= 0.6 is 33.9 Å². The van der Waals surface area contributed by atoms with Gasteiger partial charge >= 0.3 is 0 Å². The van der Waals surface area contributed by atoms with E-state index in [4.69, 9.17) is 38.6 Å². The Labute approximate surface area is 127 Å². The third kappa shape index (κ3) is 3.99. The van der Waals surface area contributed by atoms with Gasteiger partial charge in [0, 0.05) is 23.2 Å². The molecule has 1 aromatic rings. The molecule has 0 bridgehead atoms. The van der Waals surface area contributed by atoms with Crippen LogP contribution in [0, 0.1) is 5.92 Å². The Morgan fingerprint density at radius 2 is 2.00 bits per heavy atom. The van der Waals surface area contributed by atoms with E-state index in [9.17, 15) is 8.42 Å². The topological polar surface area (TPSA) is 43.4 Å². The van der Waals surface area contributed by atoms with E-state index in [1.54, 1.807) is 12.1 Å². The zero-order valence-corrected chi connectivity index (χ0v) is 13.1. The van der Waals surface area contributed by atoms with Crippen LogP contribution in [0.15, 0.2) is 18.2 Å². The number of hydrogen-bond acceptors (Lipinski definition) is 3. The molecule has 0 saturated carbocycles. The maximum absolute atomic E-state index is 11.6. The van der Waals surface area contributed by atoms with Crippen molar-refractivity contribution in [3.63, 3.8) is 0 Å². The van der Waals surface area contributed by atoms with Crippen molar-refractivity contribution in [1.82, 2.24) is 0 Å². The van der Waals surface area contributed by atoms with E-state index in [1.165, 1.54) is 0 Å². The molecule has 0 N–H and O–H groups in total. The van der Waals surface area contributed by atoms with Gasteiger partial charge < -0.3 is 4.74 Å². The second-order valence-electron chi connectivity index (χ2n) is 4.59. The van der Waals surface area contributed by atoms with Crippen molar-refractivity contribution < 1.29 is 13.2 Å². The molecule has 106 valence electrons. The monoisotopic (exact) mass is 342 g/mol. The molecule has 1 aromatic carbocycles. The predicted molar refractivity (Wildman–Crippen MR) is 77.7 cm³/mol. The Balaban J connectivity index is 2.17. The van der Waals surface area contributed by atoms with Crippen LogP contribution in [0.2, 0.25) is 10.0 Å². The highest BCUT2D eigenvalue weighted by molar-refractivity contribution is 8.14. The van der Waals surface area contributed by atoms with E-state index < -0.39 is 14.3 Å². The molecule has 2 rings (SSSR count). The molecule has 0 aliphatic carbocycles. The fourth-order valence-corrected chi connectivity index (χ4v) is 4.34. The van der Waals surface area contributed by atoms with Crippen molar-refractivity contribution in [2.75, 3.05) is 13.2 Å². The van der Waals surface area contributed by atoms with E-state index in [1.807, 2.05) is 6.07 Å². The van der Waals surface area contributed by atoms with E-state index in [0.717, 1.165) is 5.56 Å². The molecule has 0 aromatic heterocycles. The fraction of sp³-hybridized carbons (Fsp3) is 0.500. The Hall–Kier alpha value is -0.000000000000000111. The molecule has 1 saturated heterocycles. The third-order valence-corrected chi connectivity index (χ3v) is 6.02. The smallest absolute Gasteiger partial charge is 0.235 e. The van der Waals surface area contributed by atoms with Gasteiger partial charge in [-0.1, -0.05) is 29.3 Å². The van der Waals surface area contributed by atoms with Crippen molar-refractivity contribution in [3.8, 4) is 0 Å². The van der Waals surface area contributed by atoms with E-state index in [0.29, 0.717) is 36.1 Å². The predicted octanol–water partition coefficient (Wildman–Crippen LogP) is 3.51. The lowest BCUT2D eigenvalue weighted by Gasteiger charge is -2.29. The largest absolute Gasteiger partial charge is 0.381 e. The summed E-state index contributed by atoms with van der Waals surface area (Å²) in [5, 5.41) is 0.366. The summed E-state index contributed by atoms with van der Waals surface area (Å²) in [7, 11) is 1.92. The first-order valence-electron chi connectivity index (χ1n) is 5.83. The lowest BCUT2D eigenvalue weighted by Crippen LogP contribution is -2.37. The Morgan fingerprint density at radius 3 is 2.63 bits per heavy atom. The van der Waals surface area contributed by atoms with Crippen LogP contribution in [0.4, 0.5) is 0 Å². The van der Waals surface area contributed by atoms with Gasteiger partial charge in [-0.25, -0.2) is 8.42 Å². The van der Waals surface area contributed by atoms with Crippen LogP contribution in [0.5, 0.6) is 0 Å². The average Bonchev–Trinajstić information content (AvgIpc) is 2.33. The zero-order valence-electron chi connectivity index (χ0n) is 9.98. The normalized spacial score (nSPS) is 24.4. The Bertz CT molecular complexity index is 559. The summed E-state index contributed by atoms with van der Waals surface area (Å²) >= 11 is 11.8. The van der Waals surface area contributed by atoms with Gasteiger partial charge in [-0.05, 0) is 30.5 Å². The highest BCUT2D eigenvalue weighted by Crippen LogP contribution is 2.29. The molecule has 1 aliphatic rings. The summed E-state index contributed by atoms with van der Waals surface area (Å²) in [5.74, 6) is -0.159. The van der Waals surface area contributed by atoms with Gasteiger partial charge in [0.1, 0.15) is 0 Å². The summed E-state index contributed by atoms with van der Waals surface area (Å²) < 4.78 is 28.5. The number of halogens is 3. The summed E-state index contributed by atoms with van der Waals surface area (Å²) in [6.45, 7) is 0.811. The minimum Gasteiger partial charge on any atom is -0.381 e. The fourth-order valence-electron chi connectivity index (χ4n) is 2.31. The van der Waals surface area contributed by atoms with Crippen LogP contribution < -0.4 is 0 Å². The molecule has 19 heavy (non-hydrogen) atoms. The molecule has 2 atom stereocenters. The zero-order chi connectivity index (χ0) is 14.0. The van der Waals surface area contributed by atoms with Crippen molar-refractivity contribution in [1.29, 1.82) is 0 Å². The Morgan fingerprint density at radius 1 is 1.26 bits per heavy atom. The number of benzene rings is 1. The molecule has 0 unspecified atom stereocenters. The van der Waals surface area contributed by atoms with Gasteiger partial charge in [0.2, 0.25) is 9.05 Å². The van der Waals surface area contributed by atoms with Crippen molar-refractivity contribution in [3.05, 3.63) is 33.8 Å². The molecule has 0 spiro atoms. The van der Waals surface area contributed by atoms with E-state index in [2.05, 4.69) is 0 Å². The van der Waals surface area contributed by atoms with Crippen molar-refractivity contribution in [2.24, 2.45) is 5.92 Å². The van der Waals surface area contributed by atoms with Crippen LogP contribution in [-0.2, 0) is 20.2 Å². The van der Waals surface area contributed by atoms with Crippen LogP contribution in [0.25, 0.3) is 0 Å². The van der Waals surface area contributed by atoms with E-state index >= 15 is 0 Å². The van der Waals surface area contributed by atoms with Gasteiger partial charge in [0.15, 0.2) is 0 Å². The first kappa shape index (κ1) is 15.4. The minimum absolute atomic E-state index is 0.159. The minimum atomic E-state index is -3.58. The van der Waals surface area contributed by atoms with Gasteiger partial charge in [0.05, 0.1) is 21.9 Å². The summed E-state index contributed by atoms with van der Waals surface area (Å²) in [4.78, 5) is 0. The van der Waals surface area contributed by atoms with Gasteiger partial charge in [-0.3, -0.25) is 0 Å². The maximum Gasteiger partial charge on any atom is 0.235 e. The van der Waals surface area contributed by atoms with E-state index in [-0.39, 0.29) is 5.92 Å². The lowest BCUT2D eigenvalue weighted by atomic mass is 9.94. The van der Waals surface area contributed by atoms with Gasteiger partial charge in [-0.15, -0.1) is 0 Å². The summed E-state index contributed by atoms with van der Waals surface area (Å²) in [6.07, 6.45) is 0.978. The molecule has 0 amide bonds. The highest BCUT2D eigenvalue weighted by atomic mass is 35.7. The van der Waals surface area contributed by atoms with Crippen LogP contribution in [0.1, 0.15) is 12.0 Å². The first-order chi connectivity index (χ1) is 8.88. The molecule has 1 heterocycles. The Kier molecular flexibility index (Phi) is 5.01. The third-order valence-electron chi connectivity index (χ3n) is 3.25. The summed E-state index contributed by atoms with van der Waals surface area (Å²) in [6, 6.07) is 5.28. The van der Waals surface area contributed by atoms with Crippen LogP contribution in [0.3, 0.4) is 0 Å². The van der Waals surface area contributed by atoms with Gasteiger partial charge in [-0.2, -0.15) is 0 Å². The first-order valence-corrected chi connectivity index (χ1v) is 8.96. The molecule has 3 nitrogen and oxygen atoms in total. The average molecular weight is 344 g/mol. The van der Waals surface area contributed by atoms with Crippen LogP contribution in [-0.4, -0.2) is 26.9 Å².